The molecule has 2 fully saturated rings. The lowest BCUT2D eigenvalue weighted by Gasteiger charge is -2.50. The molecule has 2 aliphatic heterocycles. The zero-order chi connectivity index (χ0) is 18.1. The number of aryl methyl sites for hydroxylation is 2. The number of hydrogen-bond acceptors (Lipinski definition) is 5. The first-order chi connectivity index (χ1) is 12.6. The third-order valence-electron chi connectivity index (χ3n) is 5.63. The molecule has 0 saturated carbocycles. The lowest BCUT2D eigenvalue weighted by atomic mass is 9.79. The van der Waals surface area contributed by atoms with Gasteiger partial charge < -0.3 is 10.1 Å². The molecule has 2 aromatic rings. The summed E-state index contributed by atoms with van der Waals surface area (Å²) >= 11 is 1.55. The van der Waals surface area contributed by atoms with Crippen LogP contribution in [0.5, 0.6) is 0 Å². The minimum absolute atomic E-state index is 0.0131. The van der Waals surface area contributed by atoms with Crippen molar-refractivity contribution in [3.05, 3.63) is 39.8 Å². The highest BCUT2D eigenvalue weighted by Crippen LogP contribution is 2.42. The number of carbonyl (C=O) groups is 1. The first-order valence-electron chi connectivity index (χ1n) is 9.22. The Hall–Kier alpha value is -1.70. The van der Waals surface area contributed by atoms with Crippen LogP contribution in [-0.4, -0.2) is 52.4 Å². The van der Waals surface area contributed by atoms with Gasteiger partial charge in [-0.1, -0.05) is 0 Å². The lowest BCUT2D eigenvalue weighted by molar-refractivity contribution is -0.137. The molecule has 1 atom stereocenters. The summed E-state index contributed by atoms with van der Waals surface area (Å²) in [6, 6.07) is 4.02. The number of nitrogens with zero attached hydrogens (tertiary/aromatic N) is 3. The summed E-state index contributed by atoms with van der Waals surface area (Å²) < 4.78 is 8.11. The molecule has 6 nitrogen and oxygen atoms in total. The van der Waals surface area contributed by atoms with Gasteiger partial charge in [0.15, 0.2) is 0 Å². The van der Waals surface area contributed by atoms with E-state index >= 15 is 0 Å². The van der Waals surface area contributed by atoms with Gasteiger partial charge in [0.05, 0.1) is 17.0 Å². The number of thiophene rings is 1. The van der Waals surface area contributed by atoms with Crippen LogP contribution in [0, 0.1) is 12.8 Å². The number of carbonyl (C=O) groups excluding carboxylic acids is 1. The number of nitrogens with one attached hydrogen (secondary N) is 1. The van der Waals surface area contributed by atoms with Crippen molar-refractivity contribution >= 4 is 17.2 Å². The molecule has 2 aliphatic rings. The van der Waals surface area contributed by atoms with Crippen molar-refractivity contribution in [3.63, 3.8) is 0 Å². The third-order valence-corrected chi connectivity index (χ3v) is 6.31. The molecule has 7 heteroatoms. The molecule has 4 rings (SSSR count). The molecular formula is C19H26N4O2S. The van der Waals surface area contributed by atoms with Crippen LogP contribution in [0.25, 0.3) is 0 Å². The topological polar surface area (TPSA) is 59.4 Å². The summed E-state index contributed by atoms with van der Waals surface area (Å²) in [5.41, 5.74) is 3.05. The van der Waals surface area contributed by atoms with E-state index in [4.69, 9.17) is 4.74 Å². The van der Waals surface area contributed by atoms with Crippen molar-refractivity contribution in [3.8, 4) is 0 Å². The maximum absolute atomic E-state index is 12.1. The summed E-state index contributed by atoms with van der Waals surface area (Å²) in [5.74, 6) is 0.552. The third kappa shape index (κ3) is 3.43. The van der Waals surface area contributed by atoms with Gasteiger partial charge in [0, 0.05) is 50.8 Å². The fourth-order valence-electron chi connectivity index (χ4n) is 4.26. The quantitative estimate of drug-likeness (QED) is 0.842. The Kier molecular flexibility index (Phi) is 4.86. The van der Waals surface area contributed by atoms with Crippen molar-refractivity contribution in [1.82, 2.24) is 20.0 Å². The highest BCUT2D eigenvalue weighted by atomic mass is 32.1. The second kappa shape index (κ2) is 7.13. The number of hydrogen-bond donors (Lipinski definition) is 1. The number of amides is 1. The number of likely N-dealkylation sites (tertiary alicyclic amines) is 1. The molecule has 0 aromatic carbocycles. The predicted molar refractivity (Wildman–Crippen MR) is 101 cm³/mol. The monoisotopic (exact) mass is 374 g/mol. The molecule has 0 aliphatic carbocycles. The van der Waals surface area contributed by atoms with Gasteiger partial charge in [-0.15, -0.1) is 0 Å². The molecule has 0 unspecified atom stereocenters. The normalized spacial score (nSPS) is 21.8. The predicted octanol–water partition coefficient (Wildman–Crippen LogP) is 2.20. The van der Waals surface area contributed by atoms with Gasteiger partial charge in [-0.25, -0.2) is 0 Å². The van der Waals surface area contributed by atoms with Gasteiger partial charge in [0.2, 0.25) is 0 Å². The van der Waals surface area contributed by atoms with Crippen LogP contribution >= 0.6 is 11.3 Å². The summed E-state index contributed by atoms with van der Waals surface area (Å²) in [7, 11) is 2.00. The van der Waals surface area contributed by atoms with Crippen LogP contribution in [0.2, 0.25) is 0 Å². The van der Waals surface area contributed by atoms with Crippen molar-refractivity contribution in [2.45, 2.75) is 31.9 Å². The highest BCUT2D eigenvalue weighted by Gasteiger charge is 2.52. The number of ether oxygens (including phenoxy) is 1. The van der Waals surface area contributed by atoms with E-state index in [-0.39, 0.29) is 11.5 Å². The van der Waals surface area contributed by atoms with Gasteiger partial charge in [-0.3, -0.25) is 14.4 Å². The van der Waals surface area contributed by atoms with Crippen LogP contribution in [-0.2, 0) is 18.3 Å². The Morgan fingerprint density at radius 3 is 3.04 bits per heavy atom. The van der Waals surface area contributed by atoms with Crippen LogP contribution in [0.4, 0.5) is 0 Å². The second-order valence-electron chi connectivity index (χ2n) is 7.50. The Balaban J connectivity index is 1.26. The van der Waals surface area contributed by atoms with E-state index in [9.17, 15) is 4.79 Å². The summed E-state index contributed by atoms with van der Waals surface area (Å²) in [4.78, 5) is 14.5. The summed E-state index contributed by atoms with van der Waals surface area (Å²) in [5, 5.41) is 11.3. The fourth-order valence-corrected chi connectivity index (χ4v) is 4.90. The molecule has 0 radical (unpaired) electrons. The smallest absolute Gasteiger partial charge is 0.252 e. The molecule has 2 aromatic heterocycles. The molecule has 0 bridgehead atoms. The Bertz CT molecular complexity index is 765. The zero-order valence-electron chi connectivity index (χ0n) is 15.4. The molecule has 1 N–H and O–H groups in total. The van der Waals surface area contributed by atoms with Crippen LogP contribution in [0.3, 0.4) is 0 Å². The average molecular weight is 375 g/mol. The first-order valence-corrected chi connectivity index (χ1v) is 10.2. The van der Waals surface area contributed by atoms with E-state index in [1.165, 1.54) is 5.69 Å². The summed E-state index contributed by atoms with van der Waals surface area (Å²) in [6.45, 7) is 6.44. The van der Waals surface area contributed by atoms with Crippen molar-refractivity contribution in [2.75, 3.05) is 26.2 Å². The molecule has 4 heterocycles. The molecule has 140 valence electrons. The van der Waals surface area contributed by atoms with Crippen molar-refractivity contribution in [1.29, 1.82) is 0 Å². The second-order valence-corrected chi connectivity index (χ2v) is 8.28. The highest BCUT2D eigenvalue weighted by molar-refractivity contribution is 7.08. The van der Waals surface area contributed by atoms with Gasteiger partial charge in [0.1, 0.15) is 0 Å². The van der Waals surface area contributed by atoms with Gasteiger partial charge in [-0.05, 0) is 43.2 Å². The largest absolute Gasteiger partial charge is 0.372 e. The molecule has 1 spiro atoms. The minimum atomic E-state index is -0.0131. The van der Waals surface area contributed by atoms with Crippen LogP contribution in [0.15, 0.2) is 22.9 Å². The fraction of sp³-hybridized carbons (Fsp3) is 0.579. The molecular weight excluding hydrogens is 348 g/mol. The minimum Gasteiger partial charge on any atom is -0.372 e. The molecule has 1 amide bonds. The Labute approximate surface area is 158 Å². The van der Waals surface area contributed by atoms with E-state index in [2.05, 4.69) is 21.4 Å². The van der Waals surface area contributed by atoms with Crippen LogP contribution < -0.4 is 5.32 Å². The average Bonchev–Trinajstić information content (AvgIpc) is 3.28. The molecule has 2 saturated heterocycles. The van der Waals surface area contributed by atoms with Crippen molar-refractivity contribution in [2.24, 2.45) is 13.0 Å². The molecule has 26 heavy (non-hydrogen) atoms. The van der Waals surface area contributed by atoms with E-state index in [1.807, 2.05) is 35.5 Å². The van der Waals surface area contributed by atoms with Gasteiger partial charge in [0.25, 0.3) is 5.91 Å². The maximum Gasteiger partial charge on any atom is 0.252 e. The van der Waals surface area contributed by atoms with Crippen molar-refractivity contribution < 1.29 is 9.53 Å². The first kappa shape index (κ1) is 17.7. The summed E-state index contributed by atoms with van der Waals surface area (Å²) in [6.07, 6.45) is 2.07. The van der Waals surface area contributed by atoms with Crippen LogP contribution in [0.1, 0.15) is 34.6 Å². The SMILES string of the molecule is Cc1cc(CN2CC3(C2)OCC[C@@H]3CCNC(=O)c2ccsc2)n(C)n1. The van der Waals surface area contributed by atoms with E-state index in [1.54, 1.807) is 11.3 Å². The number of aromatic nitrogens is 2. The maximum atomic E-state index is 12.1. The van der Waals surface area contributed by atoms with E-state index in [0.29, 0.717) is 12.5 Å². The Morgan fingerprint density at radius 1 is 1.50 bits per heavy atom. The Morgan fingerprint density at radius 2 is 2.35 bits per heavy atom. The standard InChI is InChI=1S/C19H26N4O2S/c1-14-9-17(22(2)21-14)10-23-12-19(13-23)16(4-7-25-19)3-6-20-18(24)15-5-8-26-11-15/h5,8-9,11,16H,3-4,6-7,10,12-13H2,1-2H3,(H,20,24)/t16-/m0/s1. The number of rotatable bonds is 6. The van der Waals surface area contributed by atoms with Gasteiger partial charge >= 0.3 is 0 Å². The zero-order valence-corrected chi connectivity index (χ0v) is 16.2. The van der Waals surface area contributed by atoms with Gasteiger partial charge in [-0.2, -0.15) is 16.4 Å². The van der Waals surface area contributed by atoms with E-state index < -0.39 is 0 Å². The van der Waals surface area contributed by atoms with E-state index in [0.717, 1.165) is 50.3 Å². The lowest BCUT2D eigenvalue weighted by Crippen LogP contribution is -2.64.